The van der Waals surface area contributed by atoms with Gasteiger partial charge in [-0.1, -0.05) is 12.8 Å². The summed E-state index contributed by atoms with van der Waals surface area (Å²) in [6, 6.07) is 2.86. The monoisotopic (exact) mass is 250 g/mol. The molecule has 0 aliphatic heterocycles. The topological polar surface area (TPSA) is 71.3 Å². The first kappa shape index (κ1) is 12.8. The summed E-state index contributed by atoms with van der Waals surface area (Å²) in [4.78, 5) is 23.1. The molecular formula is C13H18N2O3. The number of nitrogens with one attached hydrogen (secondary N) is 1. The second-order valence-electron chi connectivity index (χ2n) is 4.98. The van der Waals surface area contributed by atoms with Crippen LogP contribution >= 0.6 is 0 Å². The Morgan fingerprint density at radius 1 is 1.44 bits per heavy atom. The molecule has 0 unspecified atom stereocenters. The number of nitrogens with zero attached hydrogens (tertiary/aromatic N) is 1. The van der Waals surface area contributed by atoms with Crippen LogP contribution in [0.1, 0.15) is 36.0 Å². The molecule has 1 amide bonds. The number of aliphatic hydroxyl groups is 1. The first-order chi connectivity index (χ1) is 8.50. The summed E-state index contributed by atoms with van der Waals surface area (Å²) in [5.41, 5.74) is -0.476. The van der Waals surface area contributed by atoms with Crippen LogP contribution in [0.5, 0.6) is 0 Å². The van der Waals surface area contributed by atoms with Crippen molar-refractivity contribution in [1.82, 2.24) is 9.88 Å². The van der Waals surface area contributed by atoms with E-state index in [1.807, 2.05) is 0 Å². The average molecular weight is 250 g/mol. The largest absolute Gasteiger partial charge is 0.388 e. The molecule has 2 N–H and O–H groups in total. The molecule has 0 radical (unpaired) electrons. The Kier molecular flexibility index (Phi) is 3.52. The fraction of sp³-hybridized carbons (Fsp3) is 0.538. The summed E-state index contributed by atoms with van der Waals surface area (Å²) in [6.45, 7) is 0.272. The number of aromatic nitrogens is 1. The van der Waals surface area contributed by atoms with Crippen LogP contribution in [0.15, 0.2) is 23.1 Å². The van der Waals surface area contributed by atoms with Crippen molar-refractivity contribution in [2.24, 2.45) is 7.05 Å². The van der Waals surface area contributed by atoms with Crippen LogP contribution in [0, 0.1) is 0 Å². The maximum atomic E-state index is 11.9. The van der Waals surface area contributed by atoms with E-state index in [-0.39, 0.29) is 18.0 Å². The highest BCUT2D eigenvalue weighted by molar-refractivity contribution is 5.93. The van der Waals surface area contributed by atoms with E-state index in [1.165, 1.54) is 22.9 Å². The molecule has 1 aromatic rings. The SMILES string of the molecule is Cn1cc(C(=O)NCC2(O)CCCC2)ccc1=O. The van der Waals surface area contributed by atoms with Crippen molar-refractivity contribution in [3.8, 4) is 0 Å². The van der Waals surface area contributed by atoms with Gasteiger partial charge in [-0.15, -0.1) is 0 Å². The first-order valence-corrected chi connectivity index (χ1v) is 6.17. The Morgan fingerprint density at radius 3 is 2.72 bits per heavy atom. The molecule has 0 atom stereocenters. The zero-order valence-corrected chi connectivity index (χ0v) is 10.5. The maximum Gasteiger partial charge on any atom is 0.252 e. The van der Waals surface area contributed by atoms with Crippen molar-refractivity contribution in [3.05, 3.63) is 34.2 Å². The third-order valence-electron chi connectivity index (χ3n) is 3.46. The molecule has 1 heterocycles. The minimum Gasteiger partial charge on any atom is -0.388 e. The molecule has 5 heteroatoms. The lowest BCUT2D eigenvalue weighted by molar-refractivity contribution is 0.0449. The third-order valence-corrected chi connectivity index (χ3v) is 3.46. The maximum absolute atomic E-state index is 11.9. The number of rotatable bonds is 3. The number of pyridine rings is 1. The van der Waals surface area contributed by atoms with E-state index < -0.39 is 5.60 Å². The molecule has 0 saturated heterocycles. The van der Waals surface area contributed by atoms with E-state index in [0.29, 0.717) is 5.56 Å². The van der Waals surface area contributed by atoms with Crippen molar-refractivity contribution in [1.29, 1.82) is 0 Å². The van der Waals surface area contributed by atoms with Crippen molar-refractivity contribution < 1.29 is 9.90 Å². The van der Waals surface area contributed by atoms with Crippen LogP contribution in [0.2, 0.25) is 0 Å². The number of amides is 1. The normalized spacial score (nSPS) is 17.7. The van der Waals surface area contributed by atoms with E-state index in [0.717, 1.165) is 25.7 Å². The Balaban J connectivity index is 1.99. The van der Waals surface area contributed by atoms with E-state index in [9.17, 15) is 14.7 Å². The predicted molar refractivity (Wildman–Crippen MR) is 67.4 cm³/mol. The van der Waals surface area contributed by atoms with Gasteiger partial charge in [-0.25, -0.2) is 0 Å². The van der Waals surface area contributed by atoms with Crippen LogP contribution in [-0.4, -0.2) is 27.7 Å². The van der Waals surface area contributed by atoms with Gasteiger partial charge in [0.1, 0.15) is 0 Å². The van der Waals surface area contributed by atoms with E-state index >= 15 is 0 Å². The summed E-state index contributed by atoms with van der Waals surface area (Å²) < 4.78 is 1.36. The predicted octanol–water partition coefficient (Wildman–Crippen LogP) is 0.420. The molecule has 1 saturated carbocycles. The average Bonchev–Trinajstić information content (AvgIpc) is 2.77. The molecule has 0 bridgehead atoms. The second kappa shape index (κ2) is 4.94. The molecule has 1 aliphatic carbocycles. The minimum atomic E-state index is -0.754. The molecule has 2 rings (SSSR count). The van der Waals surface area contributed by atoms with Gasteiger partial charge >= 0.3 is 0 Å². The number of hydrogen-bond donors (Lipinski definition) is 2. The van der Waals surface area contributed by atoms with Crippen LogP contribution in [0.25, 0.3) is 0 Å². The van der Waals surface area contributed by atoms with Gasteiger partial charge in [-0.2, -0.15) is 0 Å². The number of carbonyl (C=O) groups is 1. The minimum absolute atomic E-state index is 0.152. The number of hydrogen-bond acceptors (Lipinski definition) is 3. The fourth-order valence-corrected chi connectivity index (χ4v) is 2.28. The van der Waals surface area contributed by atoms with Gasteiger partial charge in [0.05, 0.1) is 11.2 Å². The third kappa shape index (κ3) is 2.79. The first-order valence-electron chi connectivity index (χ1n) is 6.17. The fourth-order valence-electron chi connectivity index (χ4n) is 2.28. The van der Waals surface area contributed by atoms with E-state index in [2.05, 4.69) is 5.32 Å². The van der Waals surface area contributed by atoms with Crippen molar-refractivity contribution in [2.75, 3.05) is 6.54 Å². The van der Waals surface area contributed by atoms with Crippen LogP contribution in [0.3, 0.4) is 0 Å². The van der Waals surface area contributed by atoms with E-state index in [1.54, 1.807) is 7.05 Å². The molecule has 0 spiro atoms. The molecule has 0 aromatic carbocycles. The molecular weight excluding hydrogens is 232 g/mol. The molecule has 18 heavy (non-hydrogen) atoms. The Hall–Kier alpha value is -1.62. The van der Waals surface area contributed by atoms with Gasteiger partial charge in [-0.05, 0) is 18.9 Å². The molecule has 98 valence electrons. The Labute approximate surface area is 105 Å². The van der Waals surface area contributed by atoms with Gasteiger partial charge in [0.25, 0.3) is 5.91 Å². The Morgan fingerprint density at radius 2 is 2.11 bits per heavy atom. The number of carbonyl (C=O) groups excluding carboxylic acids is 1. The zero-order chi connectivity index (χ0) is 13.2. The van der Waals surface area contributed by atoms with Crippen LogP contribution in [-0.2, 0) is 7.05 Å². The lowest BCUT2D eigenvalue weighted by atomic mass is 10.0. The quantitative estimate of drug-likeness (QED) is 0.816. The van der Waals surface area contributed by atoms with E-state index in [4.69, 9.17) is 0 Å². The van der Waals surface area contributed by atoms with Gasteiger partial charge in [0.15, 0.2) is 0 Å². The smallest absolute Gasteiger partial charge is 0.252 e. The van der Waals surface area contributed by atoms with Crippen LogP contribution < -0.4 is 10.9 Å². The lowest BCUT2D eigenvalue weighted by Crippen LogP contribution is -2.41. The second-order valence-corrected chi connectivity index (χ2v) is 4.98. The van der Waals surface area contributed by atoms with Crippen molar-refractivity contribution >= 4 is 5.91 Å². The standard InChI is InChI=1S/C13H18N2O3/c1-15-8-10(4-5-11(15)16)12(17)14-9-13(18)6-2-3-7-13/h4-5,8,18H,2-3,6-7,9H2,1H3,(H,14,17). The molecule has 1 aliphatic rings. The number of aryl methyl sites for hydroxylation is 1. The molecule has 1 aromatic heterocycles. The molecule has 1 fully saturated rings. The van der Waals surface area contributed by atoms with Gasteiger partial charge < -0.3 is 15.0 Å². The highest BCUT2D eigenvalue weighted by Crippen LogP contribution is 2.28. The van der Waals surface area contributed by atoms with Crippen LogP contribution in [0.4, 0.5) is 0 Å². The molecule has 5 nitrogen and oxygen atoms in total. The van der Waals surface area contributed by atoms with Crippen molar-refractivity contribution in [2.45, 2.75) is 31.3 Å². The summed E-state index contributed by atoms with van der Waals surface area (Å²) in [6.07, 6.45) is 4.98. The summed E-state index contributed by atoms with van der Waals surface area (Å²) in [5.74, 6) is -0.258. The summed E-state index contributed by atoms with van der Waals surface area (Å²) >= 11 is 0. The highest BCUT2D eigenvalue weighted by atomic mass is 16.3. The van der Waals surface area contributed by atoms with Gasteiger partial charge in [0, 0.05) is 25.9 Å². The lowest BCUT2D eigenvalue weighted by Gasteiger charge is -2.22. The summed E-state index contributed by atoms with van der Waals surface area (Å²) in [5, 5.41) is 12.8. The van der Waals surface area contributed by atoms with Gasteiger partial charge in [-0.3, -0.25) is 9.59 Å². The highest BCUT2D eigenvalue weighted by Gasteiger charge is 2.31. The zero-order valence-electron chi connectivity index (χ0n) is 10.5. The van der Waals surface area contributed by atoms with Crippen molar-refractivity contribution in [3.63, 3.8) is 0 Å². The van der Waals surface area contributed by atoms with Gasteiger partial charge in [0.2, 0.25) is 5.56 Å². The Bertz CT molecular complexity index is 501. The summed E-state index contributed by atoms with van der Waals surface area (Å²) in [7, 11) is 1.60.